The number of sulfonamides is 1. The number of amides is 1. The summed E-state index contributed by atoms with van der Waals surface area (Å²) in [4.78, 5) is 12.7. The van der Waals surface area contributed by atoms with E-state index in [4.69, 9.17) is 9.47 Å². The van der Waals surface area contributed by atoms with E-state index in [1.54, 1.807) is 19.2 Å². The molecular formula is C26H29FN2O5S. The molecule has 0 aliphatic heterocycles. The fourth-order valence-corrected chi connectivity index (χ4v) is 4.84. The van der Waals surface area contributed by atoms with E-state index < -0.39 is 28.3 Å². The molecule has 0 aliphatic carbocycles. The van der Waals surface area contributed by atoms with E-state index in [-0.39, 0.29) is 10.6 Å². The van der Waals surface area contributed by atoms with E-state index in [0.717, 1.165) is 34.2 Å². The average Bonchev–Trinajstić information content (AvgIpc) is 2.86. The summed E-state index contributed by atoms with van der Waals surface area (Å²) in [7, 11) is -2.48. The summed E-state index contributed by atoms with van der Waals surface area (Å²) in [5, 5.41) is 2.77. The smallest absolute Gasteiger partial charge is 0.264 e. The number of carbonyl (C=O) groups excluding carboxylic acids is 1. The molecule has 0 atom stereocenters. The zero-order valence-corrected chi connectivity index (χ0v) is 20.6. The van der Waals surface area contributed by atoms with Crippen LogP contribution in [0.4, 0.5) is 10.1 Å². The molecule has 35 heavy (non-hydrogen) atoms. The molecule has 3 rings (SSSR count). The lowest BCUT2D eigenvalue weighted by Gasteiger charge is -2.24. The number of aryl methyl sites for hydroxylation is 1. The highest BCUT2D eigenvalue weighted by molar-refractivity contribution is 7.92. The van der Waals surface area contributed by atoms with Crippen molar-refractivity contribution >= 4 is 21.6 Å². The second kappa shape index (κ2) is 12.2. The van der Waals surface area contributed by atoms with Crippen LogP contribution >= 0.6 is 0 Å². The van der Waals surface area contributed by atoms with Gasteiger partial charge < -0.3 is 14.8 Å². The molecule has 0 bridgehead atoms. The maximum Gasteiger partial charge on any atom is 0.264 e. The summed E-state index contributed by atoms with van der Waals surface area (Å²) in [5.41, 5.74) is 1.29. The minimum absolute atomic E-state index is 0.00224. The summed E-state index contributed by atoms with van der Waals surface area (Å²) >= 11 is 0. The summed E-state index contributed by atoms with van der Waals surface area (Å²) < 4.78 is 51.7. The molecule has 7 nitrogen and oxygen atoms in total. The minimum Gasteiger partial charge on any atom is -0.497 e. The van der Waals surface area contributed by atoms with Gasteiger partial charge in [-0.05, 0) is 86.0 Å². The lowest BCUT2D eigenvalue weighted by Crippen LogP contribution is -2.41. The van der Waals surface area contributed by atoms with Gasteiger partial charge in [0.25, 0.3) is 10.0 Å². The Morgan fingerprint density at radius 1 is 0.943 bits per heavy atom. The maximum atomic E-state index is 13.5. The van der Waals surface area contributed by atoms with Crippen molar-refractivity contribution in [3.05, 3.63) is 84.2 Å². The van der Waals surface area contributed by atoms with Crippen molar-refractivity contribution in [1.82, 2.24) is 5.32 Å². The van der Waals surface area contributed by atoms with Gasteiger partial charge in [0.15, 0.2) is 0 Å². The summed E-state index contributed by atoms with van der Waals surface area (Å²) in [6.45, 7) is 2.22. The fraction of sp³-hybridized carbons (Fsp3) is 0.269. The Morgan fingerprint density at radius 2 is 1.57 bits per heavy atom. The first-order chi connectivity index (χ1) is 16.8. The molecule has 0 saturated carbocycles. The van der Waals surface area contributed by atoms with Gasteiger partial charge in [-0.1, -0.05) is 12.1 Å². The van der Waals surface area contributed by atoms with Crippen LogP contribution in [0.3, 0.4) is 0 Å². The van der Waals surface area contributed by atoms with Crippen LogP contribution in [0.1, 0.15) is 18.9 Å². The molecular weight excluding hydrogens is 471 g/mol. The van der Waals surface area contributed by atoms with Crippen molar-refractivity contribution in [1.29, 1.82) is 0 Å². The zero-order valence-electron chi connectivity index (χ0n) is 19.7. The standard InChI is InChI=1S/C26H29FN2O5S/c1-3-34-24-14-16-25(17-15-24)35(31,32)29(22-10-8-21(27)9-11-22)19-26(30)28-18-4-5-20-6-12-23(33-2)13-7-20/h6-17H,3-5,18-19H2,1-2H3,(H,28,30). The van der Waals surface area contributed by atoms with Crippen molar-refractivity contribution < 1.29 is 27.1 Å². The molecule has 0 aliphatic rings. The first-order valence-corrected chi connectivity index (χ1v) is 12.7. The Hall–Kier alpha value is -3.59. The highest BCUT2D eigenvalue weighted by atomic mass is 32.2. The first-order valence-electron chi connectivity index (χ1n) is 11.2. The van der Waals surface area contributed by atoms with Crippen LogP contribution in [0, 0.1) is 5.82 Å². The number of halogens is 1. The zero-order chi connectivity index (χ0) is 25.3. The second-order valence-electron chi connectivity index (χ2n) is 7.69. The fourth-order valence-electron chi connectivity index (χ4n) is 3.42. The monoisotopic (exact) mass is 500 g/mol. The molecule has 1 amide bonds. The third-order valence-corrected chi connectivity index (χ3v) is 7.04. The lowest BCUT2D eigenvalue weighted by molar-refractivity contribution is -0.119. The van der Waals surface area contributed by atoms with E-state index in [0.29, 0.717) is 25.3 Å². The molecule has 0 fully saturated rings. The molecule has 0 radical (unpaired) electrons. The third kappa shape index (κ3) is 7.19. The van der Waals surface area contributed by atoms with Crippen molar-refractivity contribution in [2.45, 2.75) is 24.7 Å². The van der Waals surface area contributed by atoms with Crippen molar-refractivity contribution in [3.8, 4) is 11.5 Å². The Kier molecular flexibility index (Phi) is 9.08. The van der Waals surface area contributed by atoms with Crippen molar-refractivity contribution in [3.63, 3.8) is 0 Å². The van der Waals surface area contributed by atoms with Crippen molar-refractivity contribution in [2.75, 3.05) is 31.1 Å². The quantitative estimate of drug-likeness (QED) is 0.377. The summed E-state index contributed by atoms with van der Waals surface area (Å²) in [6, 6.07) is 18.6. The molecule has 0 spiro atoms. The van der Waals surface area contributed by atoms with Gasteiger partial charge in [0.2, 0.25) is 5.91 Å². The van der Waals surface area contributed by atoms with Crippen LogP contribution < -0.4 is 19.1 Å². The first kappa shape index (κ1) is 26.0. The molecule has 9 heteroatoms. The normalized spacial score (nSPS) is 11.1. The van der Waals surface area contributed by atoms with Crippen LogP contribution in [-0.4, -0.2) is 41.1 Å². The predicted molar refractivity (Wildman–Crippen MR) is 133 cm³/mol. The van der Waals surface area contributed by atoms with Crippen LogP contribution in [0.5, 0.6) is 11.5 Å². The lowest BCUT2D eigenvalue weighted by atomic mass is 10.1. The number of anilines is 1. The second-order valence-corrected chi connectivity index (χ2v) is 9.56. The van der Waals surface area contributed by atoms with Crippen LogP contribution in [0.2, 0.25) is 0 Å². The summed E-state index contributed by atoms with van der Waals surface area (Å²) in [5.74, 6) is 0.347. The van der Waals surface area contributed by atoms with Gasteiger partial charge in [-0.2, -0.15) is 0 Å². The van der Waals surface area contributed by atoms with Gasteiger partial charge in [-0.25, -0.2) is 12.8 Å². The van der Waals surface area contributed by atoms with Gasteiger partial charge in [0.1, 0.15) is 23.9 Å². The average molecular weight is 501 g/mol. The molecule has 3 aromatic rings. The number of nitrogens with one attached hydrogen (secondary N) is 1. The highest BCUT2D eigenvalue weighted by Crippen LogP contribution is 2.25. The number of benzene rings is 3. The topological polar surface area (TPSA) is 84.9 Å². The van der Waals surface area contributed by atoms with Crippen LogP contribution in [0.15, 0.2) is 77.7 Å². The largest absolute Gasteiger partial charge is 0.497 e. The van der Waals surface area contributed by atoms with Crippen LogP contribution in [0.25, 0.3) is 0 Å². The van der Waals surface area contributed by atoms with E-state index in [2.05, 4.69) is 5.32 Å². The van der Waals surface area contributed by atoms with Gasteiger partial charge in [-0.15, -0.1) is 0 Å². The van der Waals surface area contributed by atoms with Gasteiger partial charge in [0, 0.05) is 6.54 Å². The Labute approximate surface area is 205 Å². The number of hydrogen-bond donors (Lipinski definition) is 1. The summed E-state index contributed by atoms with van der Waals surface area (Å²) in [6.07, 6.45) is 1.43. The molecule has 1 N–H and O–H groups in total. The van der Waals surface area contributed by atoms with E-state index in [1.807, 2.05) is 31.2 Å². The molecule has 0 saturated heterocycles. The van der Waals surface area contributed by atoms with Gasteiger partial charge >= 0.3 is 0 Å². The molecule has 3 aromatic carbocycles. The predicted octanol–water partition coefficient (Wildman–Crippen LogP) is 4.18. The maximum absolute atomic E-state index is 13.5. The minimum atomic E-state index is -4.09. The number of ether oxygens (including phenoxy) is 2. The SMILES string of the molecule is CCOc1ccc(S(=O)(=O)N(CC(=O)NCCCc2ccc(OC)cc2)c2ccc(F)cc2)cc1. The molecule has 186 valence electrons. The van der Waals surface area contributed by atoms with Gasteiger partial charge in [0.05, 0.1) is 24.3 Å². The van der Waals surface area contributed by atoms with E-state index >= 15 is 0 Å². The number of carbonyl (C=O) groups is 1. The Morgan fingerprint density at radius 3 is 2.17 bits per heavy atom. The highest BCUT2D eigenvalue weighted by Gasteiger charge is 2.27. The Balaban J connectivity index is 1.68. The van der Waals surface area contributed by atoms with Gasteiger partial charge in [-0.3, -0.25) is 9.10 Å². The number of nitrogens with zero attached hydrogens (tertiary/aromatic N) is 1. The number of rotatable bonds is 12. The molecule has 0 unspecified atom stereocenters. The molecule has 0 aromatic heterocycles. The number of hydrogen-bond acceptors (Lipinski definition) is 5. The van der Waals surface area contributed by atoms with E-state index in [9.17, 15) is 17.6 Å². The molecule has 0 heterocycles. The third-order valence-electron chi connectivity index (χ3n) is 5.25. The van der Waals surface area contributed by atoms with Crippen molar-refractivity contribution in [2.24, 2.45) is 0 Å². The number of methoxy groups -OCH3 is 1. The van der Waals surface area contributed by atoms with E-state index in [1.165, 1.54) is 24.3 Å². The Bertz CT molecular complexity index is 1200. The van der Waals surface area contributed by atoms with Crippen LogP contribution in [-0.2, 0) is 21.2 Å².